The van der Waals surface area contributed by atoms with Gasteiger partial charge in [-0.3, -0.25) is 0 Å². The molecule has 2 rings (SSSR count). The fraction of sp³-hybridized carbons (Fsp3) is 0.308. The van der Waals surface area contributed by atoms with Gasteiger partial charge in [-0.2, -0.15) is 0 Å². The van der Waals surface area contributed by atoms with E-state index in [9.17, 15) is 5.11 Å². The summed E-state index contributed by atoms with van der Waals surface area (Å²) in [6.45, 7) is 2.79. The Morgan fingerprint density at radius 2 is 2.00 bits per heavy atom. The Kier molecular flexibility index (Phi) is 4.17. The van der Waals surface area contributed by atoms with Crippen molar-refractivity contribution in [1.82, 2.24) is 4.90 Å². The van der Waals surface area contributed by atoms with Crippen LogP contribution in [0.5, 0.6) is 5.75 Å². The van der Waals surface area contributed by atoms with Gasteiger partial charge in [-0.15, -0.1) is 0 Å². The predicted octanol–water partition coefficient (Wildman–Crippen LogP) is 4.28. The first-order valence-corrected chi connectivity index (χ1v) is 8.11. The molecule has 5 heteroatoms. The van der Waals surface area contributed by atoms with Gasteiger partial charge >= 0.3 is 0 Å². The lowest BCUT2D eigenvalue weighted by molar-refractivity contribution is 0.386. The summed E-state index contributed by atoms with van der Waals surface area (Å²) in [4.78, 5) is 3.26. The minimum atomic E-state index is 0.351. The first-order valence-electron chi connectivity index (χ1n) is 5.55. The van der Waals surface area contributed by atoms with Crippen molar-refractivity contribution in [2.75, 3.05) is 14.1 Å². The molecule has 0 bridgehead atoms. The molecule has 1 heterocycles. The van der Waals surface area contributed by atoms with Crippen LogP contribution in [0.25, 0.3) is 10.4 Å². The van der Waals surface area contributed by atoms with E-state index in [0.717, 1.165) is 21.5 Å². The first-order chi connectivity index (χ1) is 8.49. The molecule has 1 N–H and O–H groups in total. The van der Waals surface area contributed by atoms with E-state index in [1.54, 1.807) is 26.7 Å². The quantitative estimate of drug-likeness (QED) is 0.675. The van der Waals surface area contributed by atoms with Crippen molar-refractivity contribution in [3.05, 3.63) is 33.1 Å². The van der Waals surface area contributed by atoms with E-state index in [-0.39, 0.29) is 0 Å². The number of hydrogen-bond donors (Lipinski definition) is 1. The molecular formula is C13H15NOS3. The average molecular weight is 297 g/mol. The molecule has 2 aromatic rings. The summed E-state index contributed by atoms with van der Waals surface area (Å²) in [6, 6.07) is 5.77. The highest BCUT2D eigenvalue weighted by molar-refractivity contribution is 7.80. The van der Waals surface area contributed by atoms with Gasteiger partial charge in [-0.05, 0) is 50.3 Å². The van der Waals surface area contributed by atoms with E-state index < -0.39 is 0 Å². The Hall–Kier alpha value is -0.750. The third kappa shape index (κ3) is 2.80. The minimum absolute atomic E-state index is 0.351. The highest BCUT2D eigenvalue weighted by atomic mass is 32.9. The second-order valence-electron chi connectivity index (χ2n) is 4.49. The molecule has 0 aliphatic carbocycles. The fourth-order valence-corrected chi connectivity index (χ4v) is 4.65. The van der Waals surface area contributed by atoms with Crippen molar-refractivity contribution >= 4 is 32.9 Å². The van der Waals surface area contributed by atoms with Gasteiger partial charge in [0.25, 0.3) is 0 Å². The molecule has 0 aliphatic heterocycles. The van der Waals surface area contributed by atoms with E-state index in [0.29, 0.717) is 5.75 Å². The fourth-order valence-electron chi connectivity index (χ4n) is 1.76. The summed E-state index contributed by atoms with van der Waals surface area (Å²) >= 11 is 5.27. The van der Waals surface area contributed by atoms with Crippen molar-refractivity contribution < 1.29 is 5.11 Å². The summed E-state index contributed by atoms with van der Waals surface area (Å²) in [5, 5.41) is 9.86. The molecular weight excluding hydrogens is 282 g/mol. The van der Waals surface area contributed by atoms with E-state index in [1.807, 2.05) is 25.1 Å². The Balaban J connectivity index is 2.47. The van der Waals surface area contributed by atoms with Crippen molar-refractivity contribution in [2.45, 2.75) is 13.5 Å². The molecule has 0 spiro atoms. The highest BCUT2D eigenvalue weighted by Crippen LogP contribution is 2.35. The molecule has 96 valence electrons. The molecule has 0 fully saturated rings. The standard InChI is InChI=1S/C13H15NOS3/c1-8-12(17-18-13(8)16)9-4-5-11(15)10(6-9)7-14(2)3/h4-6,15H,7H2,1-3H3. The molecule has 2 nitrogen and oxygen atoms in total. The van der Waals surface area contributed by atoms with Gasteiger partial charge in [-0.1, -0.05) is 32.9 Å². The molecule has 0 amide bonds. The maximum atomic E-state index is 9.86. The molecule has 1 aromatic carbocycles. The number of benzene rings is 1. The SMILES string of the molecule is Cc1c(-c2ccc(O)c(CN(C)C)c2)ssc1=S. The van der Waals surface area contributed by atoms with Crippen LogP contribution >= 0.6 is 32.9 Å². The summed E-state index contributed by atoms with van der Waals surface area (Å²) < 4.78 is 0.956. The van der Waals surface area contributed by atoms with Crippen LogP contribution in [0, 0.1) is 10.7 Å². The van der Waals surface area contributed by atoms with Crippen LogP contribution in [0.4, 0.5) is 0 Å². The Labute approximate surface area is 120 Å². The lowest BCUT2D eigenvalue weighted by atomic mass is 10.1. The summed E-state index contributed by atoms with van der Waals surface area (Å²) in [6.07, 6.45) is 0. The van der Waals surface area contributed by atoms with Crippen LogP contribution in [0.1, 0.15) is 11.1 Å². The zero-order valence-electron chi connectivity index (χ0n) is 10.6. The minimum Gasteiger partial charge on any atom is -0.508 e. The molecule has 0 radical (unpaired) electrons. The average Bonchev–Trinajstić information content (AvgIpc) is 2.63. The van der Waals surface area contributed by atoms with E-state index in [1.165, 1.54) is 10.4 Å². The first kappa shape index (κ1) is 13.7. The van der Waals surface area contributed by atoms with Crippen LogP contribution in [-0.4, -0.2) is 24.1 Å². The number of rotatable bonds is 3. The molecule has 0 atom stereocenters. The number of aromatic hydroxyl groups is 1. The van der Waals surface area contributed by atoms with Crippen molar-refractivity contribution in [3.8, 4) is 16.2 Å². The summed E-state index contributed by atoms with van der Waals surface area (Å²) in [7, 11) is 7.32. The lowest BCUT2D eigenvalue weighted by Crippen LogP contribution is -2.10. The van der Waals surface area contributed by atoms with E-state index in [4.69, 9.17) is 12.2 Å². The Morgan fingerprint density at radius 3 is 2.56 bits per heavy atom. The van der Waals surface area contributed by atoms with Crippen LogP contribution in [0.3, 0.4) is 0 Å². The molecule has 0 saturated heterocycles. The zero-order valence-corrected chi connectivity index (χ0v) is 13.0. The van der Waals surface area contributed by atoms with Gasteiger partial charge in [0, 0.05) is 12.1 Å². The van der Waals surface area contributed by atoms with Gasteiger partial charge in [0.1, 0.15) is 9.57 Å². The Bertz CT molecular complexity index is 613. The largest absolute Gasteiger partial charge is 0.508 e. The summed E-state index contributed by atoms with van der Waals surface area (Å²) in [5.41, 5.74) is 3.25. The third-order valence-electron chi connectivity index (χ3n) is 2.68. The van der Waals surface area contributed by atoms with Crippen LogP contribution < -0.4 is 0 Å². The van der Waals surface area contributed by atoms with Crippen LogP contribution in [-0.2, 0) is 6.54 Å². The monoisotopic (exact) mass is 297 g/mol. The smallest absolute Gasteiger partial charge is 0.120 e. The number of phenolic OH excluding ortho intramolecular Hbond substituents is 1. The number of hydrogen-bond acceptors (Lipinski definition) is 5. The predicted molar refractivity (Wildman–Crippen MR) is 82.3 cm³/mol. The molecule has 0 aliphatic rings. The topological polar surface area (TPSA) is 23.5 Å². The number of nitrogens with zero attached hydrogens (tertiary/aromatic N) is 1. The molecule has 1 aromatic heterocycles. The number of phenols is 1. The molecule has 0 saturated carbocycles. The normalized spacial score (nSPS) is 11.1. The van der Waals surface area contributed by atoms with Crippen molar-refractivity contribution in [1.29, 1.82) is 0 Å². The maximum Gasteiger partial charge on any atom is 0.120 e. The highest BCUT2D eigenvalue weighted by Gasteiger charge is 2.10. The Morgan fingerprint density at radius 1 is 1.28 bits per heavy atom. The molecule has 0 unspecified atom stereocenters. The van der Waals surface area contributed by atoms with E-state index in [2.05, 4.69) is 13.0 Å². The second-order valence-corrected chi connectivity index (χ2v) is 7.31. The maximum absolute atomic E-state index is 9.86. The van der Waals surface area contributed by atoms with Crippen molar-refractivity contribution in [3.63, 3.8) is 0 Å². The van der Waals surface area contributed by atoms with E-state index >= 15 is 0 Å². The van der Waals surface area contributed by atoms with Gasteiger partial charge < -0.3 is 10.0 Å². The van der Waals surface area contributed by atoms with Gasteiger partial charge in [0.05, 0.1) is 4.88 Å². The van der Waals surface area contributed by atoms with Gasteiger partial charge in [0.15, 0.2) is 0 Å². The van der Waals surface area contributed by atoms with Gasteiger partial charge in [-0.25, -0.2) is 0 Å². The zero-order chi connectivity index (χ0) is 13.3. The van der Waals surface area contributed by atoms with Gasteiger partial charge in [0.2, 0.25) is 0 Å². The lowest BCUT2D eigenvalue weighted by Gasteiger charge is -2.12. The molecule has 18 heavy (non-hydrogen) atoms. The third-order valence-corrected chi connectivity index (χ3v) is 6.05. The van der Waals surface area contributed by atoms with Crippen molar-refractivity contribution in [2.24, 2.45) is 0 Å². The van der Waals surface area contributed by atoms with Crippen LogP contribution in [0.2, 0.25) is 0 Å². The summed E-state index contributed by atoms with van der Waals surface area (Å²) in [5.74, 6) is 0.351. The van der Waals surface area contributed by atoms with Crippen LogP contribution in [0.15, 0.2) is 18.2 Å². The second kappa shape index (κ2) is 5.48.